The summed E-state index contributed by atoms with van der Waals surface area (Å²) >= 11 is 0. The van der Waals surface area contributed by atoms with Crippen LogP contribution in [0.5, 0.6) is 0 Å². The molecule has 1 rings (SSSR count). The molecule has 14 heavy (non-hydrogen) atoms. The van der Waals surface area contributed by atoms with E-state index in [4.69, 9.17) is 5.11 Å². The molecule has 2 heteroatoms. The van der Waals surface area contributed by atoms with Crippen LogP contribution >= 0.6 is 0 Å². The Bertz CT molecular complexity index is 189. The van der Waals surface area contributed by atoms with E-state index in [-0.39, 0.29) is 18.3 Å². The van der Waals surface area contributed by atoms with Crippen molar-refractivity contribution in [2.75, 3.05) is 6.61 Å². The van der Waals surface area contributed by atoms with Crippen LogP contribution in [0.2, 0.25) is 0 Å². The lowest BCUT2D eigenvalue weighted by Crippen LogP contribution is -2.32. The molecule has 0 aromatic rings. The maximum Gasteiger partial charge on any atom is 0.161 e. The third-order valence-electron chi connectivity index (χ3n) is 3.76. The molecule has 3 atom stereocenters. The van der Waals surface area contributed by atoms with Crippen molar-refractivity contribution in [2.45, 2.75) is 46.0 Å². The topological polar surface area (TPSA) is 37.3 Å². The number of hydrogen-bond donors (Lipinski definition) is 1. The van der Waals surface area contributed by atoms with Gasteiger partial charge in [0, 0.05) is 5.92 Å². The predicted molar refractivity (Wildman–Crippen MR) is 57.0 cm³/mol. The molecule has 0 radical (unpaired) electrons. The second-order valence-electron chi connectivity index (χ2n) is 4.56. The van der Waals surface area contributed by atoms with Crippen LogP contribution in [0.4, 0.5) is 0 Å². The fourth-order valence-corrected chi connectivity index (χ4v) is 2.66. The lowest BCUT2D eigenvalue weighted by Gasteiger charge is -2.34. The quantitative estimate of drug-likeness (QED) is 0.753. The molecule has 1 aliphatic rings. The van der Waals surface area contributed by atoms with Crippen LogP contribution in [-0.4, -0.2) is 17.5 Å². The molecule has 2 nitrogen and oxygen atoms in total. The van der Waals surface area contributed by atoms with Gasteiger partial charge in [0.25, 0.3) is 0 Å². The average molecular weight is 198 g/mol. The van der Waals surface area contributed by atoms with Gasteiger partial charge in [-0.1, -0.05) is 33.1 Å². The monoisotopic (exact) mass is 198 g/mol. The second-order valence-corrected chi connectivity index (χ2v) is 4.56. The van der Waals surface area contributed by atoms with E-state index in [2.05, 4.69) is 13.8 Å². The highest BCUT2D eigenvalue weighted by atomic mass is 16.3. The molecule has 0 aromatic heterocycles. The fraction of sp³-hybridized carbons (Fsp3) is 0.917. The van der Waals surface area contributed by atoms with Gasteiger partial charge in [0.2, 0.25) is 0 Å². The number of carbonyl (C=O) groups excluding carboxylic acids is 1. The number of Topliss-reactive ketones (excluding diaryl/α,β-unsaturated/α-hetero) is 1. The lowest BCUT2D eigenvalue weighted by molar-refractivity contribution is -0.129. The fourth-order valence-electron chi connectivity index (χ4n) is 2.66. The molecular formula is C12H22O2. The summed E-state index contributed by atoms with van der Waals surface area (Å²) in [5, 5.41) is 8.91. The van der Waals surface area contributed by atoms with Gasteiger partial charge in [-0.2, -0.15) is 0 Å². The summed E-state index contributed by atoms with van der Waals surface area (Å²) in [4.78, 5) is 11.5. The van der Waals surface area contributed by atoms with Gasteiger partial charge in [-0.25, -0.2) is 0 Å². The SMILES string of the molecule is CC[C@H](C)[C@@H]1CCCCC1C(=O)CO. The van der Waals surface area contributed by atoms with Crippen LogP contribution in [-0.2, 0) is 4.79 Å². The molecule has 1 fully saturated rings. The largest absolute Gasteiger partial charge is 0.389 e. The van der Waals surface area contributed by atoms with Crippen LogP contribution in [0, 0.1) is 17.8 Å². The van der Waals surface area contributed by atoms with Crippen molar-refractivity contribution < 1.29 is 9.90 Å². The van der Waals surface area contributed by atoms with Gasteiger partial charge in [0.1, 0.15) is 6.61 Å². The van der Waals surface area contributed by atoms with Gasteiger partial charge in [-0.05, 0) is 24.7 Å². The Hall–Kier alpha value is -0.370. The number of ketones is 1. The minimum Gasteiger partial charge on any atom is -0.389 e. The normalized spacial score (nSPS) is 29.9. The molecule has 0 aromatic carbocycles. The van der Waals surface area contributed by atoms with E-state index in [1.807, 2.05) is 0 Å². The first-order valence-electron chi connectivity index (χ1n) is 5.84. The molecule has 0 amide bonds. The first kappa shape index (κ1) is 11.7. The van der Waals surface area contributed by atoms with Gasteiger partial charge in [-0.3, -0.25) is 4.79 Å². The minimum absolute atomic E-state index is 0.0648. The van der Waals surface area contributed by atoms with Crippen molar-refractivity contribution in [1.82, 2.24) is 0 Å². The molecule has 82 valence electrons. The van der Waals surface area contributed by atoms with Gasteiger partial charge in [0.15, 0.2) is 5.78 Å². The zero-order valence-corrected chi connectivity index (χ0v) is 9.33. The summed E-state index contributed by atoms with van der Waals surface area (Å²) in [6.07, 6.45) is 5.72. The lowest BCUT2D eigenvalue weighted by atomic mass is 9.70. The van der Waals surface area contributed by atoms with Crippen LogP contribution in [0.3, 0.4) is 0 Å². The van der Waals surface area contributed by atoms with Crippen LogP contribution in [0.25, 0.3) is 0 Å². The minimum atomic E-state index is -0.266. The predicted octanol–water partition coefficient (Wildman–Crippen LogP) is 2.40. The van der Waals surface area contributed by atoms with E-state index in [9.17, 15) is 4.79 Å². The zero-order valence-electron chi connectivity index (χ0n) is 9.33. The Kier molecular flexibility index (Phi) is 4.59. The summed E-state index contributed by atoms with van der Waals surface area (Å²) in [6, 6.07) is 0. The van der Waals surface area contributed by atoms with Crippen molar-refractivity contribution in [1.29, 1.82) is 0 Å². The first-order chi connectivity index (χ1) is 6.70. The maximum atomic E-state index is 11.5. The van der Waals surface area contributed by atoms with Crippen molar-refractivity contribution in [3.8, 4) is 0 Å². The summed E-state index contributed by atoms with van der Waals surface area (Å²) in [6.45, 7) is 4.14. The average Bonchev–Trinajstić information content (AvgIpc) is 2.27. The summed E-state index contributed by atoms with van der Waals surface area (Å²) in [5.74, 6) is 1.35. The van der Waals surface area contributed by atoms with Gasteiger partial charge >= 0.3 is 0 Å². The molecule has 0 saturated heterocycles. The number of carbonyl (C=O) groups is 1. The highest BCUT2D eigenvalue weighted by Crippen LogP contribution is 2.36. The standard InChI is InChI=1S/C12H22O2/c1-3-9(2)10-6-4-5-7-11(10)12(14)8-13/h9-11,13H,3-8H2,1-2H3/t9-,10-,11?/m0/s1. The summed E-state index contributed by atoms with van der Waals surface area (Å²) < 4.78 is 0. The molecule has 0 heterocycles. The zero-order chi connectivity index (χ0) is 10.6. The van der Waals surface area contributed by atoms with Crippen molar-refractivity contribution in [2.24, 2.45) is 17.8 Å². The molecule has 1 unspecified atom stereocenters. The Morgan fingerprint density at radius 1 is 1.43 bits per heavy atom. The Morgan fingerprint density at radius 3 is 2.64 bits per heavy atom. The van der Waals surface area contributed by atoms with Gasteiger partial charge in [0.05, 0.1) is 0 Å². The second kappa shape index (κ2) is 5.50. The highest BCUT2D eigenvalue weighted by Gasteiger charge is 2.32. The van der Waals surface area contributed by atoms with E-state index in [1.54, 1.807) is 0 Å². The Morgan fingerprint density at radius 2 is 2.07 bits per heavy atom. The van der Waals surface area contributed by atoms with Crippen LogP contribution in [0.1, 0.15) is 46.0 Å². The van der Waals surface area contributed by atoms with Crippen molar-refractivity contribution in [3.63, 3.8) is 0 Å². The van der Waals surface area contributed by atoms with Crippen molar-refractivity contribution >= 4 is 5.78 Å². The molecule has 0 bridgehead atoms. The summed E-state index contributed by atoms with van der Waals surface area (Å²) in [7, 11) is 0. The molecule has 1 saturated carbocycles. The van der Waals surface area contributed by atoms with E-state index in [1.165, 1.54) is 12.8 Å². The number of hydrogen-bond acceptors (Lipinski definition) is 2. The Balaban J connectivity index is 2.63. The molecule has 1 aliphatic carbocycles. The third kappa shape index (κ3) is 2.57. The van der Waals surface area contributed by atoms with E-state index < -0.39 is 0 Å². The summed E-state index contributed by atoms with van der Waals surface area (Å²) in [5.41, 5.74) is 0. The number of rotatable bonds is 4. The van der Waals surface area contributed by atoms with Gasteiger partial charge < -0.3 is 5.11 Å². The molecule has 1 N–H and O–H groups in total. The number of aliphatic hydroxyl groups is 1. The Labute approximate surface area is 86.7 Å². The maximum absolute atomic E-state index is 11.5. The molecule has 0 aliphatic heterocycles. The van der Waals surface area contributed by atoms with Crippen LogP contribution < -0.4 is 0 Å². The third-order valence-corrected chi connectivity index (χ3v) is 3.76. The van der Waals surface area contributed by atoms with E-state index in [0.29, 0.717) is 11.8 Å². The van der Waals surface area contributed by atoms with E-state index in [0.717, 1.165) is 19.3 Å². The number of aliphatic hydroxyl groups excluding tert-OH is 1. The molecule has 0 spiro atoms. The smallest absolute Gasteiger partial charge is 0.161 e. The van der Waals surface area contributed by atoms with E-state index >= 15 is 0 Å². The first-order valence-corrected chi connectivity index (χ1v) is 5.84. The van der Waals surface area contributed by atoms with Crippen molar-refractivity contribution in [3.05, 3.63) is 0 Å². The molecular weight excluding hydrogens is 176 g/mol. The highest BCUT2D eigenvalue weighted by molar-refractivity contribution is 5.82. The van der Waals surface area contributed by atoms with Gasteiger partial charge in [-0.15, -0.1) is 0 Å². The van der Waals surface area contributed by atoms with Crippen LogP contribution in [0.15, 0.2) is 0 Å².